The molecular formula is C22H24N2O5. The number of fused-ring (bicyclic) bond motifs is 1. The van der Waals surface area contributed by atoms with Crippen molar-refractivity contribution in [1.29, 1.82) is 0 Å². The summed E-state index contributed by atoms with van der Waals surface area (Å²) >= 11 is 0. The molecule has 0 spiro atoms. The third-order valence-corrected chi connectivity index (χ3v) is 4.74. The van der Waals surface area contributed by atoms with E-state index in [0.29, 0.717) is 34.9 Å². The number of imide groups is 1. The maximum absolute atomic E-state index is 13.3. The van der Waals surface area contributed by atoms with Crippen LogP contribution in [0.4, 0.5) is 5.69 Å². The first-order valence-electron chi connectivity index (χ1n) is 9.23. The number of carbonyl (C=O) groups excluding carboxylic acids is 2. The van der Waals surface area contributed by atoms with Crippen LogP contribution in [0.1, 0.15) is 28.8 Å². The van der Waals surface area contributed by atoms with Crippen molar-refractivity contribution < 1.29 is 23.8 Å². The predicted molar refractivity (Wildman–Crippen MR) is 110 cm³/mol. The molecule has 1 heterocycles. The number of nitrogens with zero attached hydrogens (tertiary/aromatic N) is 2. The van der Waals surface area contributed by atoms with Gasteiger partial charge in [-0.2, -0.15) is 0 Å². The Balaban J connectivity index is 2.06. The standard InChI is InChI=1S/C22H24N2O5/c1-14(13-27-2)23-12-18-16-7-5-6-8-17(16)21(25)24(22(18)26)15-9-10-19(28-3)20(11-15)29-4/h5-12,14,18H,13H2,1-4H3/t14-,18?/m0/s1. The number of hydrogen-bond donors (Lipinski definition) is 0. The van der Waals surface area contributed by atoms with Gasteiger partial charge in [-0.1, -0.05) is 18.2 Å². The van der Waals surface area contributed by atoms with E-state index in [-0.39, 0.29) is 17.9 Å². The molecule has 1 aliphatic heterocycles. The summed E-state index contributed by atoms with van der Waals surface area (Å²) in [6.07, 6.45) is 1.60. The minimum absolute atomic E-state index is 0.105. The second-order valence-corrected chi connectivity index (χ2v) is 6.69. The van der Waals surface area contributed by atoms with Gasteiger partial charge >= 0.3 is 0 Å². The highest BCUT2D eigenvalue weighted by atomic mass is 16.5. The number of hydrogen-bond acceptors (Lipinski definition) is 6. The topological polar surface area (TPSA) is 77.4 Å². The Bertz CT molecular complexity index is 941. The third-order valence-electron chi connectivity index (χ3n) is 4.74. The lowest BCUT2D eigenvalue weighted by atomic mass is 9.88. The zero-order valence-electron chi connectivity index (χ0n) is 16.9. The maximum Gasteiger partial charge on any atom is 0.265 e. The lowest BCUT2D eigenvalue weighted by Gasteiger charge is -2.31. The Hall–Kier alpha value is -3.19. The number of amides is 2. The first-order chi connectivity index (χ1) is 14.0. The largest absolute Gasteiger partial charge is 0.493 e. The molecule has 0 radical (unpaired) electrons. The SMILES string of the molecule is COC[C@H](C)N=CC1C(=O)N(c2ccc(OC)c(OC)c2)C(=O)c2ccccc21. The maximum atomic E-state index is 13.3. The van der Waals surface area contributed by atoms with Crippen LogP contribution < -0.4 is 14.4 Å². The summed E-state index contributed by atoms with van der Waals surface area (Å²) in [6, 6.07) is 11.9. The highest BCUT2D eigenvalue weighted by Gasteiger charge is 2.39. The summed E-state index contributed by atoms with van der Waals surface area (Å²) in [5.41, 5.74) is 1.53. The van der Waals surface area contributed by atoms with Gasteiger partial charge in [-0.15, -0.1) is 0 Å². The molecule has 29 heavy (non-hydrogen) atoms. The normalized spacial score (nSPS) is 17.4. The van der Waals surface area contributed by atoms with Crippen LogP contribution in [0.5, 0.6) is 11.5 Å². The van der Waals surface area contributed by atoms with E-state index < -0.39 is 5.92 Å². The second-order valence-electron chi connectivity index (χ2n) is 6.69. The molecule has 0 bridgehead atoms. The average Bonchev–Trinajstić information content (AvgIpc) is 2.73. The van der Waals surface area contributed by atoms with E-state index in [9.17, 15) is 9.59 Å². The summed E-state index contributed by atoms with van der Waals surface area (Å²) in [4.78, 5) is 32.1. The van der Waals surface area contributed by atoms with Gasteiger partial charge in [0.05, 0.1) is 38.5 Å². The van der Waals surface area contributed by atoms with Gasteiger partial charge in [0.15, 0.2) is 11.5 Å². The van der Waals surface area contributed by atoms with Crippen LogP contribution in [0.25, 0.3) is 0 Å². The zero-order chi connectivity index (χ0) is 21.0. The van der Waals surface area contributed by atoms with E-state index in [2.05, 4.69) is 4.99 Å². The lowest BCUT2D eigenvalue weighted by Crippen LogP contribution is -2.45. The van der Waals surface area contributed by atoms with Gasteiger partial charge in [-0.25, -0.2) is 4.90 Å². The van der Waals surface area contributed by atoms with Crippen molar-refractivity contribution >= 4 is 23.7 Å². The Morgan fingerprint density at radius 2 is 1.79 bits per heavy atom. The molecule has 0 N–H and O–H groups in total. The number of aliphatic imine (C=N–C) groups is 1. The number of carbonyl (C=O) groups is 2. The van der Waals surface area contributed by atoms with Crippen LogP contribution in [0.2, 0.25) is 0 Å². The molecule has 7 nitrogen and oxygen atoms in total. The molecule has 2 aromatic carbocycles. The molecule has 0 aromatic heterocycles. The molecule has 1 unspecified atom stereocenters. The molecule has 0 saturated heterocycles. The monoisotopic (exact) mass is 396 g/mol. The van der Waals surface area contributed by atoms with E-state index in [1.807, 2.05) is 13.0 Å². The quantitative estimate of drug-likeness (QED) is 0.531. The van der Waals surface area contributed by atoms with E-state index in [0.717, 1.165) is 0 Å². The number of anilines is 1. The minimum Gasteiger partial charge on any atom is -0.493 e. The zero-order valence-corrected chi connectivity index (χ0v) is 16.9. The molecule has 152 valence electrons. The molecule has 0 saturated carbocycles. The van der Waals surface area contributed by atoms with Crippen LogP contribution in [0.15, 0.2) is 47.5 Å². The number of benzene rings is 2. The fourth-order valence-electron chi connectivity index (χ4n) is 3.33. The Labute approximate surface area is 169 Å². The molecule has 3 rings (SSSR count). The van der Waals surface area contributed by atoms with E-state index in [1.54, 1.807) is 49.7 Å². The average molecular weight is 396 g/mol. The van der Waals surface area contributed by atoms with Crippen molar-refractivity contribution in [3.8, 4) is 11.5 Å². The van der Waals surface area contributed by atoms with Crippen LogP contribution in [0.3, 0.4) is 0 Å². The minimum atomic E-state index is -0.670. The molecule has 2 aromatic rings. The molecule has 2 amide bonds. The Morgan fingerprint density at radius 1 is 1.07 bits per heavy atom. The van der Waals surface area contributed by atoms with Crippen LogP contribution >= 0.6 is 0 Å². The highest BCUT2D eigenvalue weighted by Crippen LogP contribution is 2.36. The van der Waals surface area contributed by atoms with Crippen molar-refractivity contribution in [3.05, 3.63) is 53.6 Å². The van der Waals surface area contributed by atoms with Gasteiger partial charge in [0.1, 0.15) is 0 Å². The van der Waals surface area contributed by atoms with Gasteiger partial charge < -0.3 is 14.2 Å². The van der Waals surface area contributed by atoms with Gasteiger partial charge in [-0.05, 0) is 30.7 Å². The van der Waals surface area contributed by atoms with Gasteiger partial charge in [0, 0.05) is 25.0 Å². The molecule has 0 fully saturated rings. The first kappa shape index (κ1) is 20.5. The Morgan fingerprint density at radius 3 is 2.48 bits per heavy atom. The van der Waals surface area contributed by atoms with Crippen molar-refractivity contribution in [2.24, 2.45) is 4.99 Å². The predicted octanol–water partition coefficient (Wildman–Crippen LogP) is 3.08. The Kier molecular flexibility index (Phi) is 6.29. The van der Waals surface area contributed by atoms with E-state index >= 15 is 0 Å². The van der Waals surface area contributed by atoms with E-state index in [1.165, 1.54) is 19.1 Å². The molecule has 0 aliphatic carbocycles. The summed E-state index contributed by atoms with van der Waals surface area (Å²) in [5.74, 6) is -0.471. The van der Waals surface area contributed by atoms with Crippen molar-refractivity contribution in [1.82, 2.24) is 0 Å². The third kappa shape index (κ3) is 4.00. The highest BCUT2D eigenvalue weighted by molar-refractivity contribution is 6.29. The van der Waals surface area contributed by atoms with Crippen LogP contribution in [-0.2, 0) is 9.53 Å². The van der Waals surface area contributed by atoms with Crippen molar-refractivity contribution in [2.45, 2.75) is 18.9 Å². The molecule has 1 aliphatic rings. The fourth-order valence-corrected chi connectivity index (χ4v) is 3.33. The second kappa shape index (κ2) is 8.87. The van der Waals surface area contributed by atoms with Gasteiger partial charge in [0.25, 0.3) is 5.91 Å². The van der Waals surface area contributed by atoms with E-state index in [4.69, 9.17) is 14.2 Å². The van der Waals surface area contributed by atoms with Crippen molar-refractivity contribution in [3.63, 3.8) is 0 Å². The van der Waals surface area contributed by atoms with Gasteiger partial charge in [0.2, 0.25) is 5.91 Å². The van der Waals surface area contributed by atoms with Crippen molar-refractivity contribution in [2.75, 3.05) is 32.8 Å². The number of rotatable bonds is 7. The van der Waals surface area contributed by atoms with Gasteiger partial charge in [-0.3, -0.25) is 14.6 Å². The first-order valence-corrected chi connectivity index (χ1v) is 9.23. The molecule has 2 atom stereocenters. The number of methoxy groups -OCH3 is 3. The summed E-state index contributed by atoms with van der Waals surface area (Å²) in [5, 5.41) is 0. The summed E-state index contributed by atoms with van der Waals surface area (Å²) in [7, 11) is 4.63. The number of ether oxygens (including phenoxy) is 3. The molecular weight excluding hydrogens is 372 g/mol. The van der Waals surface area contributed by atoms with Crippen LogP contribution in [0, 0.1) is 0 Å². The summed E-state index contributed by atoms with van der Waals surface area (Å²) in [6.45, 7) is 2.34. The lowest BCUT2D eigenvalue weighted by molar-refractivity contribution is -0.118. The molecule has 7 heteroatoms. The van der Waals surface area contributed by atoms with Crippen LogP contribution in [-0.4, -0.2) is 52.0 Å². The summed E-state index contributed by atoms with van der Waals surface area (Å²) < 4.78 is 15.7. The smallest absolute Gasteiger partial charge is 0.265 e. The fraction of sp³-hybridized carbons (Fsp3) is 0.318.